The van der Waals surface area contributed by atoms with Gasteiger partial charge in [0.2, 0.25) is 5.91 Å². The molecular weight excluding hydrogens is 266 g/mol. The normalized spacial score (nSPS) is 13.3. The minimum Gasteiger partial charge on any atom is -0.326 e. The van der Waals surface area contributed by atoms with Crippen LogP contribution in [-0.4, -0.2) is 20.6 Å². The molecule has 0 heterocycles. The minimum absolute atomic E-state index is 0.0151. The molecule has 0 aliphatic rings. The summed E-state index contributed by atoms with van der Waals surface area (Å²) in [5.41, 5.74) is 1.42. The Morgan fingerprint density at radius 2 is 1.74 bits per heavy atom. The van der Waals surface area contributed by atoms with Crippen molar-refractivity contribution < 1.29 is 17.4 Å². The standard InChI is InChI=1S/C13H19NO4S/c1-9(2)13(18-19(4,16)17)11-5-7-12(8-6-11)14-10(3)15/h5-9,13H,1-4H3,(H,14,15). The molecule has 1 aromatic carbocycles. The van der Waals surface area contributed by atoms with Crippen LogP contribution in [0.3, 0.4) is 0 Å². The van der Waals surface area contributed by atoms with Gasteiger partial charge in [-0.1, -0.05) is 26.0 Å². The zero-order valence-electron chi connectivity index (χ0n) is 11.5. The van der Waals surface area contributed by atoms with Crippen LogP contribution in [0.15, 0.2) is 24.3 Å². The molecule has 6 heteroatoms. The SMILES string of the molecule is CC(=O)Nc1ccc(C(OS(C)(=O)=O)C(C)C)cc1. The number of carbonyl (C=O) groups excluding carboxylic acids is 1. The Morgan fingerprint density at radius 1 is 1.21 bits per heavy atom. The van der Waals surface area contributed by atoms with Crippen molar-refractivity contribution in [1.82, 2.24) is 0 Å². The average Bonchev–Trinajstić information content (AvgIpc) is 2.25. The second kappa shape index (κ2) is 6.16. The van der Waals surface area contributed by atoms with Crippen molar-refractivity contribution in [3.05, 3.63) is 29.8 Å². The highest BCUT2D eigenvalue weighted by molar-refractivity contribution is 7.86. The summed E-state index contributed by atoms with van der Waals surface area (Å²) in [4.78, 5) is 10.9. The van der Waals surface area contributed by atoms with Crippen LogP contribution in [0.5, 0.6) is 0 Å². The summed E-state index contributed by atoms with van der Waals surface area (Å²) < 4.78 is 27.6. The summed E-state index contributed by atoms with van der Waals surface area (Å²) >= 11 is 0. The minimum atomic E-state index is -3.52. The Hall–Kier alpha value is -1.40. The second-order valence-corrected chi connectivity index (χ2v) is 6.37. The third-order valence-corrected chi connectivity index (χ3v) is 3.00. The molecular formula is C13H19NO4S. The van der Waals surface area contributed by atoms with Gasteiger partial charge in [-0.2, -0.15) is 8.42 Å². The molecule has 1 amide bonds. The fourth-order valence-corrected chi connectivity index (χ4v) is 2.41. The van der Waals surface area contributed by atoms with E-state index in [2.05, 4.69) is 5.32 Å². The lowest BCUT2D eigenvalue weighted by Crippen LogP contribution is -2.15. The molecule has 106 valence electrons. The van der Waals surface area contributed by atoms with E-state index in [-0.39, 0.29) is 11.8 Å². The van der Waals surface area contributed by atoms with Crippen molar-refractivity contribution in [3.8, 4) is 0 Å². The first-order chi connectivity index (χ1) is 8.69. The fraction of sp³-hybridized carbons (Fsp3) is 0.462. The first-order valence-electron chi connectivity index (χ1n) is 5.95. The zero-order chi connectivity index (χ0) is 14.6. The van der Waals surface area contributed by atoms with Gasteiger partial charge in [-0.3, -0.25) is 8.98 Å². The quantitative estimate of drug-likeness (QED) is 0.843. The number of nitrogens with one attached hydrogen (secondary N) is 1. The first kappa shape index (κ1) is 15.7. The molecule has 1 atom stereocenters. The van der Waals surface area contributed by atoms with E-state index >= 15 is 0 Å². The van der Waals surface area contributed by atoms with Gasteiger partial charge in [0.15, 0.2) is 0 Å². The van der Waals surface area contributed by atoms with E-state index in [1.165, 1.54) is 6.92 Å². The van der Waals surface area contributed by atoms with Crippen LogP contribution in [0.1, 0.15) is 32.4 Å². The third-order valence-electron chi connectivity index (χ3n) is 2.44. The van der Waals surface area contributed by atoms with Gasteiger partial charge in [0.1, 0.15) is 6.10 Å². The lowest BCUT2D eigenvalue weighted by atomic mass is 9.99. The van der Waals surface area contributed by atoms with Crippen molar-refractivity contribution in [3.63, 3.8) is 0 Å². The summed E-state index contributed by atoms with van der Waals surface area (Å²) in [5.74, 6) is -0.137. The lowest BCUT2D eigenvalue weighted by Gasteiger charge is -2.20. The van der Waals surface area contributed by atoms with Gasteiger partial charge < -0.3 is 5.32 Å². The van der Waals surface area contributed by atoms with E-state index in [0.29, 0.717) is 5.69 Å². The van der Waals surface area contributed by atoms with E-state index in [1.54, 1.807) is 24.3 Å². The highest BCUT2D eigenvalue weighted by Crippen LogP contribution is 2.28. The largest absolute Gasteiger partial charge is 0.326 e. The van der Waals surface area contributed by atoms with Gasteiger partial charge in [0.05, 0.1) is 6.26 Å². The van der Waals surface area contributed by atoms with Crippen molar-refractivity contribution in [1.29, 1.82) is 0 Å². The summed E-state index contributed by atoms with van der Waals surface area (Å²) in [7, 11) is -3.52. The third kappa shape index (κ3) is 5.40. The van der Waals surface area contributed by atoms with Crippen molar-refractivity contribution in [2.24, 2.45) is 5.92 Å². The lowest BCUT2D eigenvalue weighted by molar-refractivity contribution is -0.114. The maximum Gasteiger partial charge on any atom is 0.264 e. The van der Waals surface area contributed by atoms with Gasteiger partial charge in [-0.25, -0.2) is 0 Å². The number of hydrogen-bond donors (Lipinski definition) is 1. The number of anilines is 1. The smallest absolute Gasteiger partial charge is 0.264 e. The van der Waals surface area contributed by atoms with E-state index in [1.807, 2.05) is 13.8 Å². The van der Waals surface area contributed by atoms with Gasteiger partial charge in [-0.05, 0) is 23.6 Å². The topological polar surface area (TPSA) is 72.5 Å². The molecule has 1 N–H and O–H groups in total. The second-order valence-electron chi connectivity index (χ2n) is 4.77. The first-order valence-corrected chi connectivity index (χ1v) is 7.76. The predicted octanol–water partition coefficient (Wildman–Crippen LogP) is 2.32. The monoisotopic (exact) mass is 285 g/mol. The molecule has 0 spiro atoms. The molecule has 1 aromatic rings. The number of amides is 1. The molecule has 0 saturated heterocycles. The molecule has 1 unspecified atom stereocenters. The zero-order valence-corrected chi connectivity index (χ0v) is 12.3. The molecule has 0 radical (unpaired) electrons. The van der Waals surface area contributed by atoms with E-state index < -0.39 is 16.2 Å². The molecule has 0 aromatic heterocycles. The molecule has 19 heavy (non-hydrogen) atoms. The van der Waals surface area contributed by atoms with Crippen LogP contribution in [0.2, 0.25) is 0 Å². The van der Waals surface area contributed by atoms with Crippen LogP contribution in [-0.2, 0) is 19.1 Å². The maximum atomic E-state index is 11.3. The Labute approximate surface area is 114 Å². The fourth-order valence-electron chi connectivity index (χ4n) is 1.70. The Morgan fingerprint density at radius 3 is 2.11 bits per heavy atom. The molecule has 5 nitrogen and oxygen atoms in total. The summed E-state index contributed by atoms with van der Waals surface area (Å²) in [6.07, 6.45) is 0.509. The van der Waals surface area contributed by atoms with Gasteiger partial charge in [0, 0.05) is 12.6 Å². The Balaban J connectivity index is 2.95. The average molecular weight is 285 g/mol. The van der Waals surface area contributed by atoms with E-state index in [9.17, 15) is 13.2 Å². The van der Waals surface area contributed by atoms with Crippen molar-refractivity contribution in [2.75, 3.05) is 11.6 Å². The molecule has 0 fully saturated rings. The van der Waals surface area contributed by atoms with Gasteiger partial charge in [-0.15, -0.1) is 0 Å². The summed E-state index contributed by atoms with van der Waals surface area (Å²) in [6, 6.07) is 6.94. The van der Waals surface area contributed by atoms with Gasteiger partial charge >= 0.3 is 0 Å². The molecule has 0 aliphatic carbocycles. The number of rotatable bonds is 5. The molecule has 0 aliphatic heterocycles. The highest BCUT2D eigenvalue weighted by Gasteiger charge is 2.21. The summed E-state index contributed by atoms with van der Waals surface area (Å²) in [5, 5.41) is 2.65. The molecule has 0 bridgehead atoms. The summed E-state index contributed by atoms with van der Waals surface area (Å²) in [6.45, 7) is 5.20. The Bertz CT molecular complexity index is 534. The molecule has 1 rings (SSSR count). The van der Waals surface area contributed by atoms with Crippen LogP contribution in [0.4, 0.5) is 5.69 Å². The van der Waals surface area contributed by atoms with E-state index in [0.717, 1.165) is 11.8 Å². The highest BCUT2D eigenvalue weighted by atomic mass is 32.2. The van der Waals surface area contributed by atoms with Gasteiger partial charge in [0.25, 0.3) is 10.1 Å². The molecule has 0 saturated carbocycles. The number of hydrogen-bond acceptors (Lipinski definition) is 4. The van der Waals surface area contributed by atoms with E-state index in [4.69, 9.17) is 4.18 Å². The predicted molar refractivity (Wildman–Crippen MR) is 74.3 cm³/mol. The van der Waals surface area contributed by atoms with Crippen molar-refractivity contribution >= 4 is 21.7 Å². The van der Waals surface area contributed by atoms with Crippen LogP contribution >= 0.6 is 0 Å². The maximum absolute atomic E-state index is 11.3. The van der Waals surface area contributed by atoms with Crippen molar-refractivity contribution in [2.45, 2.75) is 26.9 Å². The van der Waals surface area contributed by atoms with Crippen LogP contribution in [0, 0.1) is 5.92 Å². The van der Waals surface area contributed by atoms with Crippen LogP contribution < -0.4 is 5.32 Å². The van der Waals surface area contributed by atoms with Crippen LogP contribution in [0.25, 0.3) is 0 Å². The Kier molecular flexibility index (Phi) is 5.08. The number of benzene rings is 1. The number of carbonyl (C=O) groups is 1.